The fourth-order valence-electron chi connectivity index (χ4n) is 2.24. The van der Waals surface area contributed by atoms with Crippen molar-refractivity contribution in [3.63, 3.8) is 0 Å². The molecule has 2 heterocycles. The van der Waals surface area contributed by atoms with Crippen molar-refractivity contribution < 1.29 is 4.79 Å². The van der Waals surface area contributed by atoms with Gasteiger partial charge in [0, 0.05) is 11.4 Å². The lowest BCUT2D eigenvalue weighted by Gasteiger charge is -2.08. The second kappa shape index (κ2) is 6.93. The van der Waals surface area contributed by atoms with Gasteiger partial charge in [0.2, 0.25) is 6.29 Å². The summed E-state index contributed by atoms with van der Waals surface area (Å²) in [6, 6.07) is 11.8. The van der Waals surface area contributed by atoms with Crippen LogP contribution in [0.15, 0.2) is 59.0 Å². The molecule has 0 bridgehead atoms. The molecule has 6 heteroatoms. The Morgan fingerprint density at radius 3 is 2.83 bits per heavy atom. The molecule has 0 aliphatic heterocycles. The van der Waals surface area contributed by atoms with E-state index in [-0.39, 0.29) is 11.3 Å². The van der Waals surface area contributed by atoms with Gasteiger partial charge in [0.05, 0.1) is 11.1 Å². The second-order valence-electron chi connectivity index (χ2n) is 4.73. The van der Waals surface area contributed by atoms with Crippen molar-refractivity contribution in [2.45, 2.75) is 11.7 Å². The number of fused-ring (bicyclic) bond motifs is 1. The van der Waals surface area contributed by atoms with E-state index >= 15 is 0 Å². The lowest BCUT2D eigenvalue weighted by Crippen LogP contribution is -2.22. The van der Waals surface area contributed by atoms with Crippen LogP contribution in [0.25, 0.3) is 20.7 Å². The molecule has 0 spiro atoms. The van der Waals surface area contributed by atoms with Crippen molar-refractivity contribution >= 4 is 39.6 Å². The van der Waals surface area contributed by atoms with E-state index in [0.29, 0.717) is 21.9 Å². The molecule has 4 nitrogen and oxygen atoms in total. The summed E-state index contributed by atoms with van der Waals surface area (Å²) in [6.45, 7) is 4.04. The molecule has 23 heavy (non-hydrogen) atoms. The Bertz CT molecular complexity index is 913. The van der Waals surface area contributed by atoms with Gasteiger partial charge in [0.25, 0.3) is 5.56 Å². The average molecular weight is 341 g/mol. The molecule has 0 unspecified atom stereocenters. The highest BCUT2D eigenvalue weighted by Crippen LogP contribution is 2.31. The molecule has 3 aromatic rings. The van der Waals surface area contributed by atoms with Crippen LogP contribution in [0.4, 0.5) is 0 Å². The van der Waals surface area contributed by atoms with E-state index in [1.165, 1.54) is 23.1 Å². The zero-order chi connectivity index (χ0) is 16.2. The van der Waals surface area contributed by atoms with E-state index < -0.39 is 0 Å². The molecule has 0 amide bonds. The van der Waals surface area contributed by atoms with Crippen LogP contribution in [0, 0.1) is 0 Å². The number of hydrogen-bond donors (Lipinski definition) is 0. The lowest BCUT2D eigenvalue weighted by atomic mass is 10.2. The number of aromatic nitrogens is 2. The molecule has 0 fully saturated rings. The smallest absolute Gasteiger partial charge is 0.263 e. The first-order chi connectivity index (χ1) is 11.2. The highest BCUT2D eigenvalue weighted by Gasteiger charge is 2.14. The molecule has 3 rings (SSSR count). The third-order valence-corrected chi connectivity index (χ3v) is 5.16. The van der Waals surface area contributed by atoms with Crippen molar-refractivity contribution in [3.8, 4) is 10.4 Å². The summed E-state index contributed by atoms with van der Waals surface area (Å²) in [5.41, 5.74) is 0.947. The Labute approximate surface area is 141 Å². The third kappa shape index (κ3) is 3.13. The molecular weight excluding hydrogens is 328 g/mol. The standard InChI is InChI=1S/C17H13N2O2S2/c1-2-8-19-16(21)13-11-14(12-6-4-3-5-7-12)23-15(13)18-17(19)22-10-9-20/h2-7,11H,1,8,10H2. The number of thioether (sulfide) groups is 1. The Balaban J connectivity index is 2.18. The molecule has 1 aromatic carbocycles. The highest BCUT2D eigenvalue weighted by molar-refractivity contribution is 7.99. The maximum Gasteiger partial charge on any atom is 0.263 e. The van der Waals surface area contributed by atoms with Gasteiger partial charge >= 0.3 is 0 Å². The van der Waals surface area contributed by atoms with Gasteiger partial charge in [-0.1, -0.05) is 48.2 Å². The maximum atomic E-state index is 12.7. The summed E-state index contributed by atoms with van der Waals surface area (Å²) in [5, 5.41) is 1.11. The van der Waals surface area contributed by atoms with Gasteiger partial charge in [-0.05, 0) is 11.6 Å². The van der Waals surface area contributed by atoms with E-state index in [9.17, 15) is 9.59 Å². The normalized spacial score (nSPS) is 10.8. The summed E-state index contributed by atoms with van der Waals surface area (Å²) in [5.74, 6) is 0.145. The highest BCUT2D eigenvalue weighted by atomic mass is 32.2. The minimum Gasteiger partial charge on any atom is -0.290 e. The van der Waals surface area contributed by atoms with E-state index in [4.69, 9.17) is 0 Å². The van der Waals surface area contributed by atoms with E-state index in [2.05, 4.69) is 11.6 Å². The molecule has 0 aliphatic rings. The summed E-state index contributed by atoms with van der Waals surface area (Å²) < 4.78 is 1.54. The number of hydrogen-bond acceptors (Lipinski definition) is 5. The van der Waals surface area contributed by atoms with Crippen LogP contribution < -0.4 is 5.56 Å². The van der Waals surface area contributed by atoms with Crippen molar-refractivity contribution in [1.29, 1.82) is 0 Å². The lowest BCUT2D eigenvalue weighted by molar-refractivity contribution is 0.560. The molecule has 0 atom stereocenters. The van der Waals surface area contributed by atoms with Crippen LogP contribution in [0.1, 0.15) is 0 Å². The molecule has 0 aliphatic carbocycles. The number of allylic oxidation sites excluding steroid dienone is 1. The van der Waals surface area contributed by atoms with E-state index in [1.54, 1.807) is 10.6 Å². The van der Waals surface area contributed by atoms with Gasteiger partial charge in [-0.3, -0.25) is 14.2 Å². The fraction of sp³-hybridized carbons (Fsp3) is 0.118. The summed E-state index contributed by atoms with van der Waals surface area (Å²) in [7, 11) is 0. The van der Waals surface area contributed by atoms with Crippen LogP contribution in [0.2, 0.25) is 0 Å². The first kappa shape index (κ1) is 15.7. The van der Waals surface area contributed by atoms with Crippen LogP contribution in [-0.4, -0.2) is 21.6 Å². The van der Waals surface area contributed by atoms with E-state index in [0.717, 1.165) is 10.4 Å². The number of benzene rings is 1. The van der Waals surface area contributed by atoms with Gasteiger partial charge in [-0.2, -0.15) is 0 Å². The quantitative estimate of drug-likeness (QED) is 0.391. The Morgan fingerprint density at radius 2 is 2.13 bits per heavy atom. The van der Waals surface area contributed by atoms with Crippen LogP contribution in [0.5, 0.6) is 0 Å². The van der Waals surface area contributed by atoms with Gasteiger partial charge in [0.1, 0.15) is 4.83 Å². The van der Waals surface area contributed by atoms with Gasteiger partial charge in [0.15, 0.2) is 5.16 Å². The predicted molar refractivity (Wildman–Crippen MR) is 95.9 cm³/mol. The molecule has 0 saturated heterocycles. The monoisotopic (exact) mass is 341 g/mol. The van der Waals surface area contributed by atoms with Gasteiger partial charge in [-0.25, -0.2) is 4.98 Å². The van der Waals surface area contributed by atoms with Crippen molar-refractivity contribution in [2.75, 3.05) is 5.75 Å². The average Bonchev–Trinajstić information content (AvgIpc) is 3.01. The van der Waals surface area contributed by atoms with Crippen molar-refractivity contribution in [3.05, 3.63) is 59.4 Å². The molecule has 0 N–H and O–H groups in total. The fourth-order valence-corrected chi connectivity index (χ4v) is 3.98. The predicted octanol–water partition coefficient (Wildman–Crippen LogP) is 3.51. The molecule has 1 radical (unpaired) electrons. The topological polar surface area (TPSA) is 52.0 Å². The zero-order valence-corrected chi connectivity index (χ0v) is 13.8. The first-order valence-electron chi connectivity index (χ1n) is 6.93. The summed E-state index contributed by atoms with van der Waals surface area (Å²) in [6.07, 6.45) is 3.47. The Morgan fingerprint density at radius 1 is 1.35 bits per heavy atom. The second-order valence-corrected chi connectivity index (χ2v) is 6.70. The van der Waals surface area contributed by atoms with Gasteiger partial charge in [-0.15, -0.1) is 17.9 Å². The molecule has 2 aromatic heterocycles. The number of thiophene rings is 1. The van der Waals surface area contributed by atoms with Gasteiger partial charge < -0.3 is 0 Å². The number of carbonyl (C=O) groups excluding carboxylic acids is 1. The minimum absolute atomic E-state index is 0.110. The van der Waals surface area contributed by atoms with Crippen molar-refractivity contribution in [1.82, 2.24) is 9.55 Å². The minimum atomic E-state index is -0.110. The van der Waals surface area contributed by atoms with Crippen LogP contribution in [0.3, 0.4) is 0 Å². The Kier molecular flexibility index (Phi) is 4.73. The molecular formula is C17H13N2O2S2. The summed E-state index contributed by atoms with van der Waals surface area (Å²) >= 11 is 2.69. The zero-order valence-electron chi connectivity index (χ0n) is 12.2. The van der Waals surface area contributed by atoms with Crippen molar-refractivity contribution in [2.24, 2.45) is 0 Å². The van der Waals surface area contributed by atoms with E-state index in [1.807, 2.05) is 42.7 Å². The first-order valence-corrected chi connectivity index (χ1v) is 8.73. The molecule has 0 saturated carbocycles. The third-order valence-electron chi connectivity index (χ3n) is 3.25. The number of rotatable bonds is 6. The largest absolute Gasteiger partial charge is 0.290 e. The van der Waals surface area contributed by atoms with Crippen LogP contribution in [-0.2, 0) is 11.3 Å². The summed E-state index contributed by atoms with van der Waals surface area (Å²) in [4.78, 5) is 29.5. The maximum absolute atomic E-state index is 12.7. The number of nitrogens with zero attached hydrogens (tertiary/aromatic N) is 2. The Hall–Kier alpha value is -2.18. The molecule has 115 valence electrons. The SMILES string of the molecule is C=CCn1c(SC[C]=O)nc2sc(-c3ccccc3)cc2c1=O. The van der Waals surface area contributed by atoms with Crippen LogP contribution >= 0.6 is 23.1 Å².